The minimum atomic E-state index is -1.65. The summed E-state index contributed by atoms with van der Waals surface area (Å²) >= 11 is 0. The third-order valence-corrected chi connectivity index (χ3v) is 5.94. The Morgan fingerprint density at radius 3 is 2.44 bits per heavy atom. The molecule has 0 radical (unpaired) electrons. The molecule has 2 aromatic rings. The fourth-order valence-corrected chi connectivity index (χ4v) is 3.92. The maximum atomic E-state index is 13.3. The molecule has 0 saturated carbocycles. The molecule has 206 valence electrons. The highest BCUT2D eigenvalue weighted by Gasteiger charge is 2.27. The number of benzene rings is 1. The van der Waals surface area contributed by atoms with E-state index in [2.05, 4.69) is 20.9 Å². The van der Waals surface area contributed by atoms with Crippen molar-refractivity contribution in [2.75, 3.05) is 6.54 Å². The number of hydrogen-bond donors (Lipinski definition) is 5. The molecule has 3 amide bonds. The molecule has 11 heteroatoms. The van der Waals surface area contributed by atoms with Crippen molar-refractivity contribution in [3.63, 3.8) is 0 Å². The molecule has 1 aromatic carbocycles. The molecule has 10 nitrogen and oxygen atoms in total. The fraction of sp³-hybridized carbons (Fsp3) is 0.393. The van der Waals surface area contributed by atoms with E-state index >= 15 is 0 Å². The summed E-state index contributed by atoms with van der Waals surface area (Å²) in [7, 11) is -1.65. The summed E-state index contributed by atoms with van der Waals surface area (Å²) in [6.45, 7) is 5.82. The van der Waals surface area contributed by atoms with E-state index in [9.17, 15) is 29.7 Å². The van der Waals surface area contributed by atoms with Gasteiger partial charge in [0.25, 0.3) is 11.8 Å². The highest BCUT2D eigenvalue weighted by molar-refractivity contribution is 6.41. The third kappa shape index (κ3) is 10.7. The van der Waals surface area contributed by atoms with Gasteiger partial charge in [0.1, 0.15) is 17.7 Å². The number of nitriles is 1. The first-order chi connectivity index (χ1) is 18.6. The van der Waals surface area contributed by atoms with Crippen molar-refractivity contribution in [1.82, 2.24) is 20.9 Å². The van der Waals surface area contributed by atoms with Crippen LogP contribution in [0.2, 0.25) is 6.32 Å². The first kappa shape index (κ1) is 31.2. The maximum Gasteiger partial charge on any atom is 0.453 e. The van der Waals surface area contributed by atoms with Crippen molar-refractivity contribution in [3.8, 4) is 6.07 Å². The minimum absolute atomic E-state index is 0.0550. The summed E-state index contributed by atoms with van der Waals surface area (Å²) in [5.41, 5.74) is 1.79. The van der Waals surface area contributed by atoms with E-state index in [-0.39, 0.29) is 24.2 Å². The van der Waals surface area contributed by atoms with Crippen LogP contribution in [0.4, 0.5) is 0 Å². The molecule has 0 aliphatic rings. The van der Waals surface area contributed by atoms with Crippen molar-refractivity contribution >= 4 is 24.8 Å². The molecule has 0 aliphatic carbocycles. The van der Waals surface area contributed by atoms with Crippen LogP contribution >= 0.6 is 0 Å². The zero-order valence-corrected chi connectivity index (χ0v) is 22.6. The number of carbonyl (C=O) groups excluding carboxylic acids is 3. The summed E-state index contributed by atoms with van der Waals surface area (Å²) in [4.78, 5) is 42.5. The summed E-state index contributed by atoms with van der Waals surface area (Å²) in [6, 6.07) is 10.9. The monoisotopic (exact) mass is 533 g/mol. The van der Waals surface area contributed by atoms with Gasteiger partial charge < -0.3 is 26.0 Å². The van der Waals surface area contributed by atoms with Crippen LogP contribution < -0.4 is 16.0 Å². The van der Waals surface area contributed by atoms with Gasteiger partial charge in [0.2, 0.25) is 5.91 Å². The van der Waals surface area contributed by atoms with Crippen molar-refractivity contribution in [1.29, 1.82) is 5.26 Å². The van der Waals surface area contributed by atoms with E-state index < -0.39 is 36.9 Å². The van der Waals surface area contributed by atoms with Gasteiger partial charge in [-0.25, -0.2) is 0 Å². The minimum Gasteiger partial charge on any atom is -0.427 e. The number of unbranched alkanes of at least 4 members (excludes halogenated alkanes) is 1. The number of carbonyl (C=O) groups is 3. The first-order valence-corrected chi connectivity index (χ1v) is 12.9. The third-order valence-electron chi connectivity index (χ3n) is 5.94. The Hall–Kier alpha value is -4.01. The molecule has 0 fully saturated rings. The van der Waals surface area contributed by atoms with Crippen molar-refractivity contribution in [2.24, 2.45) is 5.92 Å². The van der Waals surface area contributed by atoms with E-state index in [0.717, 1.165) is 0 Å². The van der Waals surface area contributed by atoms with Gasteiger partial charge in [0.05, 0.1) is 11.6 Å². The second kappa shape index (κ2) is 16.1. The normalized spacial score (nSPS) is 12.7. The van der Waals surface area contributed by atoms with Crippen molar-refractivity contribution in [3.05, 3.63) is 77.1 Å². The van der Waals surface area contributed by atoms with Gasteiger partial charge in [0, 0.05) is 25.3 Å². The van der Waals surface area contributed by atoms with Crippen LogP contribution in [-0.2, 0) is 9.59 Å². The molecule has 0 unspecified atom stereocenters. The molecule has 5 N–H and O–H groups in total. The lowest BCUT2D eigenvalue weighted by molar-refractivity contribution is -0.124. The van der Waals surface area contributed by atoms with Crippen LogP contribution in [0.25, 0.3) is 0 Å². The van der Waals surface area contributed by atoms with E-state index in [1.165, 1.54) is 6.20 Å². The predicted octanol–water partition coefficient (Wildman–Crippen LogP) is 2.21. The molecule has 1 heterocycles. The Bertz CT molecular complexity index is 1180. The molecule has 2 atom stereocenters. The molecule has 0 saturated heterocycles. The quantitative estimate of drug-likeness (QED) is 0.108. The van der Waals surface area contributed by atoms with Gasteiger partial charge in [-0.15, -0.1) is 0 Å². The average Bonchev–Trinajstić information content (AvgIpc) is 2.90. The van der Waals surface area contributed by atoms with Gasteiger partial charge in [-0.1, -0.05) is 50.3 Å². The average molecular weight is 533 g/mol. The first-order valence-electron chi connectivity index (χ1n) is 12.9. The van der Waals surface area contributed by atoms with Crippen LogP contribution in [0.3, 0.4) is 0 Å². The second-order valence-electron chi connectivity index (χ2n) is 9.59. The summed E-state index contributed by atoms with van der Waals surface area (Å²) in [5, 5.41) is 36.7. The van der Waals surface area contributed by atoms with Crippen LogP contribution in [0.5, 0.6) is 0 Å². The second-order valence-corrected chi connectivity index (χ2v) is 9.59. The number of aromatic nitrogens is 1. The Balaban J connectivity index is 2.10. The zero-order chi connectivity index (χ0) is 28.8. The highest BCUT2D eigenvalue weighted by Crippen LogP contribution is 2.19. The van der Waals surface area contributed by atoms with E-state index in [1.807, 2.05) is 26.0 Å². The number of nitrogens with zero attached hydrogens (tertiary/aromatic N) is 2. The maximum absolute atomic E-state index is 13.3. The standard InChI is InChI=1S/C28H36BN5O5/c1-19(2)15-22(17-30)26(35)32-13-8-7-11-24(33-27(36)23-18-31-14-12-20(23)3)28(37)34-25(16-29(38)39)21-9-5-4-6-10-21/h4-6,9-10,12,14-15,18-19,24-25,38-39H,7-8,11,13,16H2,1-3H3,(H,32,35)(H,33,36)(H,34,37)/t24-,25+/m0/s1. The molecule has 0 spiro atoms. The number of allylic oxidation sites excluding steroid dienone is 1. The van der Waals surface area contributed by atoms with Crippen LogP contribution in [0.15, 0.2) is 60.4 Å². The Kier molecular flexibility index (Phi) is 12.9. The predicted molar refractivity (Wildman–Crippen MR) is 148 cm³/mol. The lowest BCUT2D eigenvalue weighted by Gasteiger charge is -2.24. The molecule has 0 bridgehead atoms. The molecule has 39 heavy (non-hydrogen) atoms. The number of pyridine rings is 1. The highest BCUT2D eigenvalue weighted by atomic mass is 16.4. The number of amides is 3. The number of aryl methyl sites for hydroxylation is 1. The molecule has 0 aliphatic heterocycles. The van der Waals surface area contributed by atoms with E-state index in [1.54, 1.807) is 49.5 Å². The number of hydrogen-bond acceptors (Lipinski definition) is 7. The lowest BCUT2D eigenvalue weighted by atomic mass is 9.79. The summed E-state index contributed by atoms with van der Waals surface area (Å²) < 4.78 is 0. The Morgan fingerprint density at radius 2 is 1.82 bits per heavy atom. The van der Waals surface area contributed by atoms with Crippen LogP contribution in [0.1, 0.15) is 60.6 Å². The molecular weight excluding hydrogens is 497 g/mol. The summed E-state index contributed by atoms with van der Waals surface area (Å²) in [5.74, 6) is -1.32. The van der Waals surface area contributed by atoms with E-state index in [0.29, 0.717) is 36.1 Å². The van der Waals surface area contributed by atoms with Crippen molar-refractivity contribution in [2.45, 2.75) is 58.4 Å². The van der Waals surface area contributed by atoms with Crippen LogP contribution in [0, 0.1) is 24.2 Å². The smallest absolute Gasteiger partial charge is 0.427 e. The van der Waals surface area contributed by atoms with Gasteiger partial charge in [-0.3, -0.25) is 19.4 Å². The zero-order valence-electron chi connectivity index (χ0n) is 22.6. The summed E-state index contributed by atoms with van der Waals surface area (Å²) in [6.07, 6.45) is 5.73. The molecular formula is C28H36BN5O5. The van der Waals surface area contributed by atoms with Gasteiger partial charge in [-0.05, 0) is 49.3 Å². The number of rotatable bonds is 14. The van der Waals surface area contributed by atoms with E-state index in [4.69, 9.17) is 0 Å². The van der Waals surface area contributed by atoms with Crippen molar-refractivity contribution < 1.29 is 24.4 Å². The Labute approximate surface area is 229 Å². The van der Waals surface area contributed by atoms with Gasteiger partial charge in [0.15, 0.2) is 0 Å². The largest absolute Gasteiger partial charge is 0.453 e. The molecule has 1 aromatic heterocycles. The Morgan fingerprint density at radius 1 is 1.10 bits per heavy atom. The topological polar surface area (TPSA) is 164 Å². The lowest BCUT2D eigenvalue weighted by Crippen LogP contribution is -2.48. The van der Waals surface area contributed by atoms with Crippen LogP contribution in [-0.4, -0.2) is 52.5 Å². The van der Waals surface area contributed by atoms with Gasteiger partial charge in [-0.2, -0.15) is 5.26 Å². The molecule has 2 rings (SSSR count). The fourth-order valence-electron chi connectivity index (χ4n) is 3.92. The number of nitrogens with one attached hydrogen (secondary N) is 3. The van der Waals surface area contributed by atoms with Gasteiger partial charge >= 0.3 is 7.12 Å². The SMILES string of the molecule is Cc1ccncc1C(=O)N[C@@H](CCCCNC(=O)C(C#N)=CC(C)C)C(=O)N[C@H](CB(O)O)c1ccccc1.